The number of primary amides is 1. The summed E-state index contributed by atoms with van der Waals surface area (Å²) in [5.74, 6) is 0.429. The minimum absolute atomic E-state index is 0.0274. The maximum atomic E-state index is 12.6. The van der Waals surface area contributed by atoms with Gasteiger partial charge in [-0.15, -0.1) is 0 Å². The molecule has 2 fully saturated rings. The largest absolute Gasteiger partial charge is 0.484 e. The number of hydrogen-bond acceptors (Lipinski definition) is 3. The third kappa shape index (κ3) is 2.54. The Morgan fingerprint density at radius 1 is 1.19 bits per heavy atom. The second-order valence-electron chi connectivity index (χ2n) is 8.31. The number of amides is 2. The molecule has 0 unspecified atom stereocenters. The van der Waals surface area contributed by atoms with Gasteiger partial charge in [0.2, 0.25) is 5.91 Å². The Bertz CT molecular complexity index is 892. The SMILES string of the molecule is CC1(C)C[C@]2(C(N)=O)CN(C(=O)COc3ccc4ccccc4c3)C[C@H]12. The highest BCUT2D eigenvalue weighted by Crippen LogP contribution is 2.62. The summed E-state index contributed by atoms with van der Waals surface area (Å²) in [6.07, 6.45) is 0.745. The third-order valence-electron chi connectivity index (χ3n) is 6.18. The molecule has 2 N–H and O–H groups in total. The molecule has 2 amide bonds. The van der Waals surface area contributed by atoms with Gasteiger partial charge in [-0.1, -0.05) is 44.2 Å². The Morgan fingerprint density at radius 3 is 2.58 bits per heavy atom. The quantitative estimate of drug-likeness (QED) is 0.919. The van der Waals surface area contributed by atoms with E-state index in [9.17, 15) is 9.59 Å². The first-order valence-corrected chi connectivity index (χ1v) is 9.01. The van der Waals surface area contributed by atoms with E-state index in [1.807, 2.05) is 42.5 Å². The highest BCUT2D eigenvalue weighted by Gasteiger charge is 2.66. The van der Waals surface area contributed by atoms with Crippen LogP contribution in [0.5, 0.6) is 5.75 Å². The number of fused-ring (bicyclic) bond motifs is 2. The number of carbonyl (C=O) groups excluding carboxylic acids is 2. The predicted octanol–water partition coefficient (Wildman–Crippen LogP) is 2.58. The van der Waals surface area contributed by atoms with Crippen LogP contribution >= 0.6 is 0 Å². The number of hydrogen-bond donors (Lipinski definition) is 1. The molecular weight excluding hydrogens is 328 g/mol. The minimum atomic E-state index is -0.553. The van der Waals surface area contributed by atoms with E-state index >= 15 is 0 Å². The molecule has 5 nitrogen and oxygen atoms in total. The predicted molar refractivity (Wildman–Crippen MR) is 99.5 cm³/mol. The number of nitrogens with zero attached hydrogens (tertiary/aromatic N) is 1. The highest BCUT2D eigenvalue weighted by atomic mass is 16.5. The van der Waals surface area contributed by atoms with Crippen LogP contribution in [0.2, 0.25) is 0 Å². The number of carbonyl (C=O) groups is 2. The molecule has 1 aliphatic heterocycles. The van der Waals surface area contributed by atoms with Gasteiger partial charge >= 0.3 is 0 Å². The van der Waals surface area contributed by atoms with Crippen LogP contribution < -0.4 is 10.5 Å². The summed E-state index contributed by atoms with van der Waals surface area (Å²) in [5.41, 5.74) is 5.16. The van der Waals surface area contributed by atoms with E-state index in [1.54, 1.807) is 4.90 Å². The van der Waals surface area contributed by atoms with Crippen LogP contribution in [0.3, 0.4) is 0 Å². The lowest BCUT2D eigenvalue weighted by Crippen LogP contribution is -2.59. The molecule has 5 heteroatoms. The summed E-state index contributed by atoms with van der Waals surface area (Å²) in [5, 5.41) is 2.21. The van der Waals surface area contributed by atoms with Gasteiger partial charge in [0.15, 0.2) is 6.61 Å². The van der Waals surface area contributed by atoms with Crippen molar-refractivity contribution in [1.29, 1.82) is 0 Å². The van der Waals surface area contributed by atoms with Crippen molar-refractivity contribution >= 4 is 22.6 Å². The van der Waals surface area contributed by atoms with E-state index in [4.69, 9.17) is 10.5 Å². The first-order valence-electron chi connectivity index (χ1n) is 9.01. The van der Waals surface area contributed by atoms with E-state index in [2.05, 4.69) is 13.8 Å². The van der Waals surface area contributed by atoms with Crippen molar-refractivity contribution in [3.63, 3.8) is 0 Å². The standard InChI is InChI=1S/C21H24N2O3/c1-20(2)12-21(19(22)25)13-23(10-17(20)21)18(24)11-26-16-8-7-14-5-3-4-6-15(14)9-16/h3-9,17H,10-13H2,1-2H3,(H2,22,25)/t17-,21+/m1/s1. The van der Waals surface area contributed by atoms with Crippen LogP contribution in [0.1, 0.15) is 20.3 Å². The zero-order chi connectivity index (χ0) is 18.5. The summed E-state index contributed by atoms with van der Waals surface area (Å²) < 4.78 is 5.72. The molecule has 1 heterocycles. The van der Waals surface area contributed by atoms with E-state index in [-0.39, 0.29) is 29.8 Å². The first kappa shape index (κ1) is 16.9. The third-order valence-corrected chi connectivity index (χ3v) is 6.18. The van der Waals surface area contributed by atoms with Crippen LogP contribution in [0.4, 0.5) is 0 Å². The Hall–Kier alpha value is -2.56. The number of benzene rings is 2. The maximum Gasteiger partial charge on any atom is 0.260 e. The van der Waals surface area contributed by atoms with Crippen molar-refractivity contribution in [2.45, 2.75) is 20.3 Å². The number of nitrogens with two attached hydrogens (primary N) is 1. The highest BCUT2D eigenvalue weighted by molar-refractivity contribution is 5.87. The van der Waals surface area contributed by atoms with Gasteiger partial charge < -0.3 is 15.4 Å². The monoisotopic (exact) mass is 352 g/mol. The average molecular weight is 352 g/mol. The molecule has 4 rings (SSSR count). The van der Waals surface area contributed by atoms with Crippen LogP contribution in [-0.2, 0) is 9.59 Å². The Kier molecular flexibility index (Phi) is 3.72. The summed E-state index contributed by atoms with van der Waals surface area (Å²) in [6.45, 7) is 5.24. The molecule has 0 spiro atoms. The molecule has 0 aromatic heterocycles. The Labute approximate surface area is 153 Å². The van der Waals surface area contributed by atoms with Crippen molar-refractivity contribution in [2.75, 3.05) is 19.7 Å². The van der Waals surface area contributed by atoms with Gasteiger partial charge in [-0.05, 0) is 40.7 Å². The van der Waals surface area contributed by atoms with Gasteiger partial charge in [0.1, 0.15) is 5.75 Å². The fourth-order valence-corrected chi connectivity index (χ4v) is 4.91. The smallest absolute Gasteiger partial charge is 0.260 e. The summed E-state index contributed by atoms with van der Waals surface area (Å²) in [7, 11) is 0. The number of rotatable bonds is 4. The minimum Gasteiger partial charge on any atom is -0.484 e. The van der Waals surface area contributed by atoms with Gasteiger partial charge in [0.25, 0.3) is 5.91 Å². The Balaban J connectivity index is 1.43. The maximum absolute atomic E-state index is 12.6. The van der Waals surface area contributed by atoms with Gasteiger partial charge in [-0.3, -0.25) is 9.59 Å². The molecule has 26 heavy (non-hydrogen) atoms. The first-order chi connectivity index (χ1) is 12.3. The Morgan fingerprint density at radius 2 is 1.92 bits per heavy atom. The summed E-state index contributed by atoms with van der Waals surface area (Å²) in [6, 6.07) is 13.8. The normalized spacial score (nSPS) is 26.2. The van der Waals surface area contributed by atoms with Crippen LogP contribution in [0, 0.1) is 16.7 Å². The molecule has 1 saturated carbocycles. The van der Waals surface area contributed by atoms with Crippen LogP contribution in [0.15, 0.2) is 42.5 Å². The molecule has 136 valence electrons. The van der Waals surface area contributed by atoms with E-state index in [0.717, 1.165) is 17.2 Å². The van der Waals surface area contributed by atoms with Crippen molar-refractivity contribution in [2.24, 2.45) is 22.5 Å². The fraction of sp³-hybridized carbons (Fsp3) is 0.429. The van der Waals surface area contributed by atoms with E-state index < -0.39 is 5.41 Å². The zero-order valence-corrected chi connectivity index (χ0v) is 15.2. The van der Waals surface area contributed by atoms with E-state index in [0.29, 0.717) is 18.8 Å². The van der Waals surface area contributed by atoms with E-state index in [1.165, 1.54) is 0 Å². The average Bonchev–Trinajstić information content (AvgIpc) is 2.96. The van der Waals surface area contributed by atoms with Crippen molar-refractivity contribution in [3.8, 4) is 5.75 Å². The van der Waals surface area contributed by atoms with Crippen LogP contribution in [0.25, 0.3) is 10.8 Å². The topological polar surface area (TPSA) is 72.6 Å². The lowest BCUT2D eigenvalue weighted by Gasteiger charge is -2.54. The molecule has 0 bridgehead atoms. The van der Waals surface area contributed by atoms with Gasteiger partial charge in [0, 0.05) is 13.1 Å². The van der Waals surface area contributed by atoms with Crippen molar-refractivity contribution in [3.05, 3.63) is 42.5 Å². The lowest BCUT2D eigenvalue weighted by atomic mass is 9.48. The number of likely N-dealkylation sites (tertiary alicyclic amines) is 1. The molecular formula is C21H24N2O3. The molecule has 2 aromatic carbocycles. The van der Waals surface area contributed by atoms with Crippen LogP contribution in [-0.4, -0.2) is 36.4 Å². The summed E-state index contributed by atoms with van der Waals surface area (Å²) in [4.78, 5) is 26.4. The molecule has 2 aliphatic rings. The van der Waals surface area contributed by atoms with Gasteiger partial charge in [0.05, 0.1) is 5.41 Å². The summed E-state index contributed by atoms with van der Waals surface area (Å²) >= 11 is 0. The number of ether oxygens (including phenoxy) is 1. The molecule has 2 aromatic rings. The lowest BCUT2D eigenvalue weighted by molar-refractivity contribution is -0.148. The van der Waals surface area contributed by atoms with Gasteiger partial charge in [-0.25, -0.2) is 0 Å². The zero-order valence-electron chi connectivity index (χ0n) is 15.2. The molecule has 2 atom stereocenters. The second-order valence-corrected chi connectivity index (χ2v) is 8.31. The van der Waals surface area contributed by atoms with Gasteiger partial charge in [-0.2, -0.15) is 0 Å². The molecule has 1 saturated heterocycles. The van der Waals surface area contributed by atoms with Crippen molar-refractivity contribution < 1.29 is 14.3 Å². The fourth-order valence-electron chi connectivity index (χ4n) is 4.91. The second kappa shape index (κ2) is 5.73. The molecule has 0 radical (unpaired) electrons. The van der Waals surface area contributed by atoms with Crippen molar-refractivity contribution in [1.82, 2.24) is 4.90 Å². The molecule has 1 aliphatic carbocycles.